The van der Waals surface area contributed by atoms with Crippen LogP contribution in [0.1, 0.15) is 36.6 Å². The number of likely N-dealkylation sites (tertiary alicyclic amines) is 1. The molecule has 1 aliphatic rings. The van der Waals surface area contributed by atoms with Crippen molar-refractivity contribution >= 4 is 22.4 Å². The largest absolute Gasteiger partial charge is 0.633 e. The average molecular weight is 398 g/mol. The van der Waals surface area contributed by atoms with Crippen LogP contribution in [0.5, 0.6) is 0 Å². The van der Waals surface area contributed by atoms with Crippen LogP contribution in [0.2, 0.25) is 5.02 Å². The molecule has 0 amide bonds. The highest BCUT2D eigenvalue weighted by molar-refractivity contribution is 6.30. The van der Waals surface area contributed by atoms with E-state index >= 15 is 0 Å². The zero-order valence-electron chi connectivity index (χ0n) is 16.0. The summed E-state index contributed by atoms with van der Waals surface area (Å²) in [7, 11) is 1.71. The first-order valence-electron chi connectivity index (χ1n) is 9.73. The molecule has 0 spiro atoms. The van der Waals surface area contributed by atoms with Gasteiger partial charge in [-0.15, -0.1) is 0 Å². The van der Waals surface area contributed by atoms with Gasteiger partial charge in [-0.2, -0.15) is 5.10 Å². The minimum Gasteiger partial charge on any atom is -0.633 e. The number of nitrogens with zero attached hydrogens (tertiary/aromatic N) is 3. The van der Waals surface area contributed by atoms with E-state index in [1.165, 1.54) is 0 Å². The third-order valence-electron chi connectivity index (χ3n) is 5.64. The normalized spacial score (nSPS) is 22.9. The maximum atomic E-state index is 13.2. The zero-order chi connectivity index (χ0) is 19.7. The Hall–Kier alpha value is -2.21. The Labute approximate surface area is 169 Å². The van der Waals surface area contributed by atoms with E-state index in [4.69, 9.17) is 16.7 Å². The van der Waals surface area contributed by atoms with Gasteiger partial charge in [-0.25, -0.2) is 4.68 Å². The Balaban J connectivity index is 1.78. The summed E-state index contributed by atoms with van der Waals surface area (Å²) >= 11 is 6.01. The van der Waals surface area contributed by atoms with Crippen LogP contribution in [0.25, 0.3) is 10.8 Å². The van der Waals surface area contributed by atoms with E-state index in [9.17, 15) is 10.0 Å². The van der Waals surface area contributed by atoms with E-state index in [1.54, 1.807) is 11.7 Å². The molecule has 0 bridgehead atoms. The van der Waals surface area contributed by atoms with E-state index < -0.39 is 0 Å². The van der Waals surface area contributed by atoms with Crippen molar-refractivity contribution in [3.63, 3.8) is 0 Å². The highest BCUT2D eigenvalue weighted by Gasteiger charge is 2.24. The van der Waals surface area contributed by atoms with Crippen LogP contribution in [0.3, 0.4) is 0 Å². The summed E-state index contributed by atoms with van der Waals surface area (Å²) in [5.41, 5.74) is 1.90. The first kappa shape index (κ1) is 19.1. The number of hydrogen-bond donors (Lipinski definition) is 0. The Morgan fingerprint density at radius 3 is 2.57 bits per heavy atom. The van der Waals surface area contributed by atoms with Crippen molar-refractivity contribution in [3.05, 3.63) is 80.4 Å². The standard InChI is InChI=1S/C22H24ClN3O2/c1-26(28)13-4-5-18(12-14-26)25-22(27)20-7-3-2-6-19(20)21(24-25)15-16-8-10-17(23)11-9-16/h2-3,6-11,18H,4-5,12-15H2,1H3/t18-,26-/m0/s1. The summed E-state index contributed by atoms with van der Waals surface area (Å²) in [5, 5.41) is 19.4. The maximum absolute atomic E-state index is 13.2. The third-order valence-corrected chi connectivity index (χ3v) is 5.89. The molecule has 28 heavy (non-hydrogen) atoms. The molecule has 0 radical (unpaired) electrons. The first-order chi connectivity index (χ1) is 13.4. The number of hydrogen-bond acceptors (Lipinski definition) is 3. The second kappa shape index (κ2) is 7.66. The minimum atomic E-state index is -0.240. The maximum Gasteiger partial charge on any atom is 0.274 e. The molecule has 0 unspecified atom stereocenters. The summed E-state index contributed by atoms with van der Waals surface area (Å²) in [6.45, 7) is 1.11. The molecule has 1 aliphatic heterocycles. The average Bonchev–Trinajstić information content (AvgIpc) is 2.86. The Morgan fingerprint density at radius 2 is 1.82 bits per heavy atom. The quantitative estimate of drug-likeness (QED) is 0.488. The van der Waals surface area contributed by atoms with Crippen molar-refractivity contribution in [2.45, 2.75) is 31.7 Å². The van der Waals surface area contributed by atoms with Crippen LogP contribution < -0.4 is 5.56 Å². The van der Waals surface area contributed by atoms with Gasteiger partial charge in [-0.3, -0.25) is 4.79 Å². The molecule has 0 N–H and O–H groups in total. The molecular weight excluding hydrogens is 374 g/mol. The predicted octanol–water partition coefficient (Wildman–Crippen LogP) is 4.31. The minimum absolute atomic E-state index is 0.0324. The van der Waals surface area contributed by atoms with Crippen molar-refractivity contribution in [1.82, 2.24) is 9.78 Å². The van der Waals surface area contributed by atoms with Gasteiger partial charge in [0.05, 0.1) is 37.3 Å². The number of halogens is 1. The van der Waals surface area contributed by atoms with E-state index in [1.807, 2.05) is 48.5 Å². The van der Waals surface area contributed by atoms with Crippen LogP contribution in [-0.4, -0.2) is 34.6 Å². The van der Waals surface area contributed by atoms with Gasteiger partial charge in [0.2, 0.25) is 0 Å². The lowest BCUT2D eigenvalue weighted by atomic mass is 10.0. The van der Waals surface area contributed by atoms with Crippen molar-refractivity contribution < 1.29 is 4.65 Å². The summed E-state index contributed by atoms with van der Waals surface area (Å²) < 4.78 is 1.40. The van der Waals surface area contributed by atoms with E-state index in [0.717, 1.165) is 29.5 Å². The lowest BCUT2D eigenvalue weighted by Gasteiger charge is -2.37. The van der Waals surface area contributed by atoms with Gasteiger partial charge in [-0.1, -0.05) is 41.9 Å². The number of aromatic nitrogens is 2. The monoisotopic (exact) mass is 397 g/mol. The fraction of sp³-hybridized carbons (Fsp3) is 0.364. The fourth-order valence-corrected chi connectivity index (χ4v) is 4.16. The number of hydroxylamine groups is 3. The Kier molecular flexibility index (Phi) is 5.23. The molecule has 0 aliphatic carbocycles. The van der Waals surface area contributed by atoms with Crippen LogP contribution in [-0.2, 0) is 6.42 Å². The van der Waals surface area contributed by atoms with Gasteiger partial charge in [-0.05, 0) is 36.6 Å². The van der Waals surface area contributed by atoms with Gasteiger partial charge in [0, 0.05) is 23.3 Å². The first-order valence-corrected chi connectivity index (χ1v) is 10.1. The van der Waals surface area contributed by atoms with Crippen LogP contribution in [0.4, 0.5) is 0 Å². The van der Waals surface area contributed by atoms with Crippen LogP contribution >= 0.6 is 11.6 Å². The molecule has 2 atom stereocenters. The summed E-state index contributed by atoms with van der Waals surface area (Å²) in [5.74, 6) is 0. The molecule has 1 fully saturated rings. The summed E-state index contributed by atoms with van der Waals surface area (Å²) in [6, 6.07) is 15.3. The van der Waals surface area contributed by atoms with Crippen molar-refractivity contribution in [1.29, 1.82) is 0 Å². The highest BCUT2D eigenvalue weighted by atomic mass is 35.5. The number of rotatable bonds is 3. The molecule has 2 aromatic carbocycles. The van der Waals surface area contributed by atoms with Crippen molar-refractivity contribution in [3.8, 4) is 0 Å². The predicted molar refractivity (Wildman–Crippen MR) is 112 cm³/mol. The van der Waals surface area contributed by atoms with E-state index in [0.29, 0.717) is 36.3 Å². The smallest absolute Gasteiger partial charge is 0.274 e. The molecule has 1 aromatic heterocycles. The van der Waals surface area contributed by atoms with Crippen molar-refractivity contribution in [2.24, 2.45) is 0 Å². The molecule has 6 heteroatoms. The molecule has 1 saturated heterocycles. The molecule has 146 valence electrons. The molecule has 4 rings (SSSR count). The molecule has 2 heterocycles. The third kappa shape index (κ3) is 3.97. The van der Waals surface area contributed by atoms with Gasteiger partial charge >= 0.3 is 0 Å². The van der Waals surface area contributed by atoms with Gasteiger partial charge in [0.25, 0.3) is 5.56 Å². The molecule has 0 saturated carbocycles. The molecule has 5 nitrogen and oxygen atoms in total. The van der Waals surface area contributed by atoms with Gasteiger partial charge < -0.3 is 9.85 Å². The van der Waals surface area contributed by atoms with Gasteiger partial charge in [0.15, 0.2) is 0 Å². The highest BCUT2D eigenvalue weighted by Crippen LogP contribution is 2.25. The molecular formula is C22H24ClN3O2. The number of quaternary nitrogens is 1. The second-order valence-electron chi connectivity index (χ2n) is 7.87. The second-order valence-corrected chi connectivity index (χ2v) is 8.31. The van der Waals surface area contributed by atoms with E-state index in [2.05, 4.69) is 0 Å². The molecule has 3 aromatic rings. The lowest BCUT2D eigenvalue weighted by Crippen LogP contribution is -2.38. The number of benzene rings is 2. The summed E-state index contributed by atoms with van der Waals surface area (Å²) in [6.07, 6.45) is 2.91. The van der Waals surface area contributed by atoms with Crippen LogP contribution in [0.15, 0.2) is 53.3 Å². The Morgan fingerprint density at radius 1 is 1.11 bits per heavy atom. The summed E-state index contributed by atoms with van der Waals surface area (Å²) in [4.78, 5) is 13.2. The van der Waals surface area contributed by atoms with Crippen LogP contribution in [0, 0.1) is 5.21 Å². The topological polar surface area (TPSA) is 57.9 Å². The number of fused-ring (bicyclic) bond motifs is 1. The lowest BCUT2D eigenvalue weighted by molar-refractivity contribution is -0.859. The Bertz CT molecular complexity index is 1040. The SMILES string of the molecule is C[N@+]1([O-])CCC[C@H](n2nc(Cc3ccc(Cl)cc3)c3ccccc3c2=O)CC1. The van der Waals surface area contributed by atoms with Gasteiger partial charge in [0.1, 0.15) is 0 Å². The zero-order valence-corrected chi connectivity index (χ0v) is 16.7. The fourth-order valence-electron chi connectivity index (χ4n) is 4.03. The van der Waals surface area contributed by atoms with Crippen molar-refractivity contribution in [2.75, 3.05) is 20.1 Å². The van der Waals surface area contributed by atoms with E-state index in [-0.39, 0.29) is 16.2 Å².